The first-order chi connectivity index (χ1) is 12.3. The Morgan fingerprint density at radius 3 is 2.42 bits per heavy atom. The molecule has 2 rings (SSSR count). The van der Waals surface area contributed by atoms with E-state index in [2.05, 4.69) is 13.8 Å². The van der Waals surface area contributed by atoms with Gasteiger partial charge in [0.2, 0.25) is 16.8 Å². The topological polar surface area (TPSA) is 55.8 Å². The number of benzene rings is 1. The Morgan fingerprint density at radius 2 is 1.81 bits per heavy atom. The number of ether oxygens (including phenoxy) is 2. The average molecular weight is 406 g/mol. The van der Waals surface area contributed by atoms with E-state index in [4.69, 9.17) is 21.1 Å². The van der Waals surface area contributed by atoms with Crippen LogP contribution in [0.4, 0.5) is 0 Å². The van der Waals surface area contributed by atoms with Crippen molar-refractivity contribution in [1.29, 1.82) is 0 Å². The lowest BCUT2D eigenvalue weighted by atomic mass is 9.87. The van der Waals surface area contributed by atoms with E-state index in [1.54, 1.807) is 18.2 Å². The van der Waals surface area contributed by atoms with Gasteiger partial charge in [-0.1, -0.05) is 41.0 Å². The summed E-state index contributed by atoms with van der Waals surface area (Å²) in [6.07, 6.45) is 2.89. The zero-order valence-electron chi connectivity index (χ0n) is 16.5. The van der Waals surface area contributed by atoms with Crippen molar-refractivity contribution < 1.29 is 17.9 Å². The molecular formula is C19H32ClNO4S. The van der Waals surface area contributed by atoms with E-state index in [0.717, 1.165) is 19.3 Å². The number of unbranched alkanes of at least 4 members (excludes halogenated alkanes) is 1. The zero-order chi connectivity index (χ0) is 19.8. The monoisotopic (exact) mass is 405 g/mol. The summed E-state index contributed by atoms with van der Waals surface area (Å²) in [5, 5.41) is 0. The van der Waals surface area contributed by atoms with Crippen molar-refractivity contribution in [2.75, 3.05) is 25.8 Å². The molecule has 0 saturated carbocycles. The third kappa shape index (κ3) is 6.03. The molecule has 0 atom stereocenters. The zero-order valence-corrected chi connectivity index (χ0v) is 18.1. The van der Waals surface area contributed by atoms with Gasteiger partial charge in [-0.05, 0) is 30.4 Å². The van der Waals surface area contributed by atoms with Crippen LogP contribution < -0.4 is 9.47 Å². The largest absolute Gasteiger partial charge is 0.454 e. The summed E-state index contributed by atoms with van der Waals surface area (Å²) >= 11 is 5.73. The fourth-order valence-corrected chi connectivity index (χ4v) is 4.65. The standard InChI is InChI=1S/C17H26ClNO4S.C2H6/c1-4-19(12-17(2,3)9-5-6-10-18)24(20,21)14-7-8-15-16(11-14)23-13-22-15;1-2/h7-8,11H,4-6,9-10,12-13H2,1-3H3;1-2H3. The Hall–Kier alpha value is -0.980. The molecule has 150 valence electrons. The van der Waals surface area contributed by atoms with E-state index in [0.29, 0.717) is 30.5 Å². The Labute approximate surface area is 163 Å². The molecule has 26 heavy (non-hydrogen) atoms. The molecule has 0 N–H and O–H groups in total. The second-order valence-electron chi connectivity index (χ2n) is 6.76. The maximum atomic E-state index is 13.0. The molecule has 1 aromatic carbocycles. The summed E-state index contributed by atoms with van der Waals surface area (Å²) in [4.78, 5) is 0.241. The molecule has 1 aliphatic heterocycles. The van der Waals surface area contributed by atoms with E-state index in [-0.39, 0.29) is 17.1 Å². The van der Waals surface area contributed by atoms with Crippen LogP contribution in [-0.2, 0) is 10.0 Å². The highest BCUT2D eigenvalue weighted by Gasteiger charge is 2.30. The lowest BCUT2D eigenvalue weighted by molar-refractivity contribution is 0.174. The summed E-state index contributed by atoms with van der Waals surface area (Å²) in [5.74, 6) is 1.70. The molecule has 7 heteroatoms. The Kier molecular flexibility index (Phi) is 9.21. The van der Waals surface area contributed by atoms with Gasteiger partial charge in [-0.25, -0.2) is 8.42 Å². The van der Waals surface area contributed by atoms with E-state index < -0.39 is 10.0 Å². The van der Waals surface area contributed by atoms with Crippen LogP contribution in [0.2, 0.25) is 0 Å². The van der Waals surface area contributed by atoms with Gasteiger partial charge in [0, 0.05) is 25.0 Å². The van der Waals surface area contributed by atoms with Crippen LogP contribution in [0.5, 0.6) is 11.5 Å². The first-order valence-electron chi connectivity index (χ1n) is 9.26. The molecule has 0 saturated heterocycles. The predicted octanol–water partition coefficient (Wildman–Crippen LogP) is 4.89. The Balaban J connectivity index is 0.00000163. The van der Waals surface area contributed by atoms with Gasteiger partial charge in [0.25, 0.3) is 0 Å². The van der Waals surface area contributed by atoms with Crippen LogP contribution in [0, 0.1) is 5.41 Å². The average Bonchev–Trinajstić information content (AvgIpc) is 3.09. The van der Waals surface area contributed by atoms with Crippen LogP contribution in [0.1, 0.15) is 53.9 Å². The molecule has 0 aromatic heterocycles. The van der Waals surface area contributed by atoms with Gasteiger partial charge in [0.15, 0.2) is 11.5 Å². The molecular weight excluding hydrogens is 374 g/mol. The molecule has 5 nitrogen and oxygen atoms in total. The minimum atomic E-state index is -3.56. The lowest BCUT2D eigenvalue weighted by Crippen LogP contribution is -2.38. The third-order valence-electron chi connectivity index (χ3n) is 4.18. The van der Waals surface area contributed by atoms with Crippen LogP contribution in [0.25, 0.3) is 0 Å². The Bertz CT molecular complexity index is 662. The van der Waals surface area contributed by atoms with Crippen molar-refractivity contribution in [1.82, 2.24) is 4.31 Å². The van der Waals surface area contributed by atoms with Crippen LogP contribution in [0.3, 0.4) is 0 Å². The normalized spacial score (nSPS) is 13.5. The van der Waals surface area contributed by atoms with Crippen molar-refractivity contribution in [3.05, 3.63) is 18.2 Å². The molecule has 0 fully saturated rings. The van der Waals surface area contributed by atoms with E-state index in [1.165, 1.54) is 4.31 Å². The summed E-state index contributed by atoms with van der Waals surface area (Å²) in [6, 6.07) is 4.77. The summed E-state index contributed by atoms with van der Waals surface area (Å²) < 4.78 is 38.0. The second kappa shape index (κ2) is 10.4. The number of nitrogens with zero attached hydrogens (tertiary/aromatic N) is 1. The molecule has 1 aliphatic rings. The molecule has 0 spiro atoms. The van der Waals surface area contributed by atoms with E-state index in [9.17, 15) is 8.42 Å². The first-order valence-corrected chi connectivity index (χ1v) is 11.2. The minimum absolute atomic E-state index is 0.106. The van der Waals surface area contributed by atoms with E-state index in [1.807, 2.05) is 20.8 Å². The van der Waals surface area contributed by atoms with Gasteiger partial charge in [-0.2, -0.15) is 4.31 Å². The highest BCUT2D eigenvalue weighted by molar-refractivity contribution is 7.89. The van der Waals surface area contributed by atoms with Gasteiger partial charge >= 0.3 is 0 Å². The van der Waals surface area contributed by atoms with Gasteiger partial charge < -0.3 is 9.47 Å². The predicted molar refractivity (Wildman–Crippen MR) is 107 cm³/mol. The number of hydrogen-bond acceptors (Lipinski definition) is 4. The fraction of sp³-hybridized carbons (Fsp3) is 0.684. The third-order valence-corrected chi connectivity index (χ3v) is 6.36. The van der Waals surface area contributed by atoms with Crippen molar-refractivity contribution >= 4 is 21.6 Å². The second-order valence-corrected chi connectivity index (χ2v) is 9.07. The van der Waals surface area contributed by atoms with Gasteiger partial charge in [-0.3, -0.25) is 0 Å². The molecule has 0 bridgehead atoms. The smallest absolute Gasteiger partial charge is 0.243 e. The summed E-state index contributed by atoms with van der Waals surface area (Å²) in [5.41, 5.74) is -0.106. The van der Waals surface area contributed by atoms with Gasteiger partial charge in [-0.15, -0.1) is 11.6 Å². The number of hydrogen-bond donors (Lipinski definition) is 0. The highest BCUT2D eigenvalue weighted by Crippen LogP contribution is 2.35. The van der Waals surface area contributed by atoms with Crippen LogP contribution >= 0.6 is 11.6 Å². The van der Waals surface area contributed by atoms with Crippen molar-refractivity contribution in [3.63, 3.8) is 0 Å². The van der Waals surface area contributed by atoms with Crippen molar-refractivity contribution in [3.8, 4) is 11.5 Å². The van der Waals surface area contributed by atoms with Crippen LogP contribution in [-0.4, -0.2) is 38.5 Å². The Morgan fingerprint density at radius 1 is 1.15 bits per heavy atom. The molecule has 1 heterocycles. The summed E-state index contributed by atoms with van der Waals surface area (Å²) in [6.45, 7) is 11.1. The molecule has 1 aromatic rings. The quantitative estimate of drug-likeness (QED) is 0.433. The number of rotatable bonds is 9. The summed E-state index contributed by atoms with van der Waals surface area (Å²) in [7, 11) is -3.56. The molecule has 0 unspecified atom stereocenters. The van der Waals surface area contributed by atoms with E-state index >= 15 is 0 Å². The lowest BCUT2D eigenvalue weighted by Gasteiger charge is -2.31. The molecule has 0 radical (unpaired) electrons. The molecule has 0 amide bonds. The minimum Gasteiger partial charge on any atom is -0.454 e. The van der Waals surface area contributed by atoms with Gasteiger partial charge in [0.05, 0.1) is 4.90 Å². The van der Waals surface area contributed by atoms with Crippen molar-refractivity contribution in [2.24, 2.45) is 5.41 Å². The number of fused-ring (bicyclic) bond motifs is 1. The maximum absolute atomic E-state index is 13.0. The van der Waals surface area contributed by atoms with Crippen LogP contribution in [0.15, 0.2) is 23.1 Å². The SMILES string of the molecule is CC.CCN(CC(C)(C)CCCCCl)S(=O)(=O)c1ccc2c(c1)OCO2. The van der Waals surface area contributed by atoms with Gasteiger partial charge in [0.1, 0.15) is 0 Å². The number of sulfonamides is 1. The number of halogens is 1. The number of alkyl halides is 1. The van der Waals surface area contributed by atoms with Crippen molar-refractivity contribution in [2.45, 2.75) is 58.8 Å². The highest BCUT2D eigenvalue weighted by atomic mass is 35.5. The fourth-order valence-electron chi connectivity index (χ4n) is 2.81. The first kappa shape index (κ1) is 23.1. The maximum Gasteiger partial charge on any atom is 0.243 e. The molecule has 0 aliphatic carbocycles.